The van der Waals surface area contributed by atoms with Crippen LogP contribution in [0.4, 0.5) is 5.69 Å². The molecular weight excluding hydrogens is 577 g/mol. The van der Waals surface area contributed by atoms with Gasteiger partial charge in [0.2, 0.25) is 26.0 Å². The molecule has 12 nitrogen and oxygen atoms in total. The molecular formula is C25H32N6O6S3. The minimum atomic E-state index is -3.83. The smallest absolute Gasteiger partial charge is 0.243 e. The van der Waals surface area contributed by atoms with E-state index >= 15 is 0 Å². The second kappa shape index (κ2) is 12.4. The van der Waals surface area contributed by atoms with E-state index in [4.69, 9.17) is 9.88 Å². The van der Waals surface area contributed by atoms with Crippen LogP contribution in [0.2, 0.25) is 0 Å². The Morgan fingerprint density at radius 1 is 1.02 bits per heavy atom. The van der Waals surface area contributed by atoms with Gasteiger partial charge in [-0.15, -0.1) is 10.2 Å². The van der Waals surface area contributed by atoms with Crippen LogP contribution in [0.3, 0.4) is 0 Å². The molecule has 15 heteroatoms. The van der Waals surface area contributed by atoms with E-state index in [0.29, 0.717) is 55.1 Å². The Morgan fingerprint density at radius 3 is 2.33 bits per heavy atom. The summed E-state index contributed by atoms with van der Waals surface area (Å²) in [5, 5.41) is 16.5. The second-order valence-electron chi connectivity index (χ2n) is 9.67. The number of anilines is 1. The highest BCUT2D eigenvalue weighted by Gasteiger charge is 2.28. The Bertz CT molecular complexity index is 1570. The monoisotopic (exact) mass is 608 g/mol. The molecule has 1 aliphatic heterocycles. The van der Waals surface area contributed by atoms with Gasteiger partial charge in [0.25, 0.3) is 0 Å². The molecule has 1 atom stereocenters. The number of hydrogen-bond donors (Lipinski definition) is 2. The lowest BCUT2D eigenvalue weighted by Crippen LogP contribution is -2.40. The number of nitrogens with one attached hydrogen (secondary N) is 1. The molecule has 2 aromatic carbocycles. The Kier molecular flexibility index (Phi) is 9.32. The lowest BCUT2D eigenvalue weighted by Gasteiger charge is -2.26. The molecule has 1 aromatic heterocycles. The summed E-state index contributed by atoms with van der Waals surface area (Å²) in [6.07, 6.45) is 0. The van der Waals surface area contributed by atoms with Crippen molar-refractivity contribution >= 4 is 43.4 Å². The summed E-state index contributed by atoms with van der Waals surface area (Å²) >= 11 is 1.22. The van der Waals surface area contributed by atoms with Gasteiger partial charge in [0, 0.05) is 30.9 Å². The Labute approximate surface area is 238 Å². The highest BCUT2D eigenvalue weighted by Crippen LogP contribution is 2.30. The third-order valence-corrected chi connectivity index (χ3v) is 9.97. The topological polar surface area (TPSA) is 167 Å². The predicted molar refractivity (Wildman–Crippen MR) is 152 cm³/mol. The van der Waals surface area contributed by atoms with E-state index in [0.717, 1.165) is 0 Å². The fourth-order valence-electron chi connectivity index (χ4n) is 4.03. The molecule has 3 aromatic rings. The molecule has 2 heterocycles. The van der Waals surface area contributed by atoms with Crippen molar-refractivity contribution in [3.63, 3.8) is 0 Å². The molecule has 1 aliphatic rings. The zero-order chi connectivity index (χ0) is 29.1. The highest BCUT2D eigenvalue weighted by molar-refractivity contribution is 8.00. The Hall–Kier alpha value is -2.82. The molecule has 4 rings (SSSR count). The van der Waals surface area contributed by atoms with Gasteiger partial charge in [0.1, 0.15) is 0 Å². The van der Waals surface area contributed by atoms with E-state index in [2.05, 4.69) is 15.5 Å². The zero-order valence-corrected chi connectivity index (χ0v) is 24.8. The number of benzene rings is 2. The lowest BCUT2D eigenvalue weighted by atomic mass is 10.2. The number of rotatable bonds is 10. The van der Waals surface area contributed by atoms with Gasteiger partial charge in [0.15, 0.2) is 11.0 Å². The van der Waals surface area contributed by atoms with Crippen LogP contribution in [-0.2, 0) is 36.1 Å². The van der Waals surface area contributed by atoms with Gasteiger partial charge in [-0.05, 0) is 49.2 Å². The minimum absolute atomic E-state index is 0.0518. The number of hydrogen-bond acceptors (Lipinski definition) is 9. The molecule has 0 aliphatic carbocycles. The maximum absolute atomic E-state index is 13.2. The standard InChI is InChI=1S/C25H32N6O6S3/c1-17(2)16-31-23(19-5-4-6-22(15-19)40(35,36)30-11-13-37-14-12-30)28-29-25(31)38-18(3)24(32)27-20-7-9-21(10-8-20)39(26,33)34/h4-10,15,17-18H,11-14,16H2,1-3H3,(H,27,32)(H2,26,33,34). The van der Waals surface area contributed by atoms with Gasteiger partial charge in [0.05, 0.1) is 28.3 Å². The van der Waals surface area contributed by atoms with Gasteiger partial charge in [-0.25, -0.2) is 22.0 Å². The number of ether oxygens (including phenoxy) is 1. The molecule has 1 fully saturated rings. The third kappa shape index (κ3) is 7.08. The van der Waals surface area contributed by atoms with Crippen LogP contribution in [0, 0.1) is 5.92 Å². The molecule has 1 saturated heterocycles. The molecule has 0 radical (unpaired) electrons. The van der Waals surface area contributed by atoms with Crippen molar-refractivity contribution in [2.75, 3.05) is 31.6 Å². The van der Waals surface area contributed by atoms with Crippen molar-refractivity contribution in [2.45, 2.75) is 47.5 Å². The van der Waals surface area contributed by atoms with Crippen LogP contribution in [0.25, 0.3) is 11.4 Å². The average Bonchev–Trinajstić information content (AvgIpc) is 3.30. The van der Waals surface area contributed by atoms with Crippen molar-refractivity contribution in [2.24, 2.45) is 11.1 Å². The summed E-state index contributed by atoms with van der Waals surface area (Å²) < 4.78 is 58.0. The summed E-state index contributed by atoms with van der Waals surface area (Å²) in [5.41, 5.74) is 1.02. The number of amides is 1. The quantitative estimate of drug-likeness (QED) is 0.329. The van der Waals surface area contributed by atoms with Crippen molar-refractivity contribution in [1.29, 1.82) is 0 Å². The molecule has 0 spiro atoms. The fourth-order valence-corrected chi connectivity index (χ4v) is 6.86. The van der Waals surface area contributed by atoms with Gasteiger partial charge in [-0.3, -0.25) is 4.79 Å². The number of morpholine rings is 1. The van der Waals surface area contributed by atoms with Crippen molar-refractivity contribution in [3.05, 3.63) is 48.5 Å². The number of nitrogens with zero attached hydrogens (tertiary/aromatic N) is 4. The summed E-state index contributed by atoms with van der Waals surface area (Å²) in [5.74, 6) is 0.407. The van der Waals surface area contributed by atoms with E-state index in [-0.39, 0.29) is 21.6 Å². The maximum Gasteiger partial charge on any atom is 0.243 e. The number of primary sulfonamides is 1. The van der Waals surface area contributed by atoms with Crippen molar-refractivity contribution in [1.82, 2.24) is 19.1 Å². The minimum Gasteiger partial charge on any atom is -0.379 e. The van der Waals surface area contributed by atoms with E-state index in [1.807, 2.05) is 18.4 Å². The first-order valence-electron chi connectivity index (χ1n) is 12.6. The third-order valence-electron chi connectivity index (χ3n) is 6.07. The number of sulfonamides is 2. The van der Waals surface area contributed by atoms with Gasteiger partial charge < -0.3 is 14.6 Å². The molecule has 0 saturated carbocycles. The van der Waals surface area contributed by atoms with Crippen LogP contribution >= 0.6 is 11.8 Å². The van der Waals surface area contributed by atoms with Crippen LogP contribution in [-0.4, -0.2) is 73.4 Å². The predicted octanol–water partition coefficient (Wildman–Crippen LogP) is 2.39. The van der Waals surface area contributed by atoms with E-state index in [1.54, 1.807) is 31.2 Å². The first kappa shape index (κ1) is 30.1. The largest absolute Gasteiger partial charge is 0.379 e. The first-order valence-corrected chi connectivity index (χ1v) is 16.4. The summed E-state index contributed by atoms with van der Waals surface area (Å²) in [7, 11) is -7.53. The van der Waals surface area contributed by atoms with Crippen molar-refractivity contribution < 1.29 is 26.4 Å². The van der Waals surface area contributed by atoms with E-state index < -0.39 is 25.3 Å². The first-order chi connectivity index (χ1) is 18.9. The fraction of sp³-hybridized carbons (Fsp3) is 0.400. The Balaban J connectivity index is 1.55. The van der Waals surface area contributed by atoms with Crippen LogP contribution in [0.1, 0.15) is 20.8 Å². The zero-order valence-electron chi connectivity index (χ0n) is 22.3. The average molecular weight is 609 g/mol. The molecule has 1 amide bonds. The maximum atomic E-state index is 13.2. The molecule has 216 valence electrons. The number of carbonyl (C=O) groups excluding carboxylic acids is 1. The van der Waals surface area contributed by atoms with E-state index in [1.165, 1.54) is 40.3 Å². The number of aromatic nitrogens is 3. The number of thioether (sulfide) groups is 1. The van der Waals surface area contributed by atoms with Gasteiger partial charge in [-0.1, -0.05) is 37.7 Å². The molecule has 40 heavy (non-hydrogen) atoms. The summed E-state index contributed by atoms with van der Waals surface area (Å²) in [6.45, 7) is 7.67. The second-order valence-corrected chi connectivity index (χ2v) is 14.5. The molecule has 0 bridgehead atoms. The van der Waals surface area contributed by atoms with Crippen LogP contribution < -0.4 is 10.5 Å². The Morgan fingerprint density at radius 2 is 1.70 bits per heavy atom. The van der Waals surface area contributed by atoms with E-state index in [9.17, 15) is 21.6 Å². The normalized spacial score (nSPS) is 15.7. The summed E-state index contributed by atoms with van der Waals surface area (Å²) in [4.78, 5) is 13.0. The lowest BCUT2D eigenvalue weighted by molar-refractivity contribution is -0.115. The molecule has 1 unspecified atom stereocenters. The highest BCUT2D eigenvalue weighted by atomic mass is 32.2. The number of nitrogens with two attached hydrogens (primary N) is 1. The van der Waals surface area contributed by atoms with Crippen LogP contribution in [0.15, 0.2) is 63.5 Å². The van der Waals surface area contributed by atoms with Gasteiger partial charge >= 0.3 is 0 Å². The summed E-state index contributed by atoms with van der Waals surface area (Å²) in [6, 6.07) is 12.2. The SMILES string of the molecule is CC(C)Cn1c(SC(C)C(=O)Nc2ccc(S(N)(=O)=O)cc2)nnc1-c1cccc(S(=O)(=O)N2CCOCC2)c1. The number of carbonyl (C=O) groups is 1. The van der Waals surface area contributed by atoms with Crippen LogP contribution in [0.5, 0.6) is 0 Å². The van der Waals surface area contributed by atoms with Crippen molar-refractivity contribution in [3.8, 4) is 11.4 Å². The van der Waals surface area contributed by atoms with Gasteiger partial charge in [-0.2, -0.15) is 4.31 Å². The molecule has 3 N–H and O–H groups in total.